The van der Waals surface area contributed by atoms with Crippen LogP contribution in [-0.4, -0.2) is 35.7 Å². The highest BCUT2D eigenvalue weighted by molar-refractivity contribution is 6.04. The zero-order valence-corrected chi connectivity index (χ0v) is 20.0. The molecule has 1 amide bonds. The molecular weight excluding hydrogens is 447 g/mol. The van der Waals surface area contributed by atoms with Crippen LogP contribution < -0.4 is 15.4 Å². The van der Waals surface area contributed by atoms with Crippen LogP contribution >= 0.6 is 24.8 Å². The van der Waals surface area contributed by atoms with Crippen LogP contribution in [-0.2, 0) is 13.0 Å². The minimum absolute atomic E-state index is 0. The number of benzene rings is 2. The Morgan fingerprint density at radius 1 is 1.22 bits per heavy atom. The molecule has 1 unspecified atom stereocenters. The highest BCUT2D eigenvalue weighted by Crippen LogP contribution is 2.26. The van der Waals surface area contributed by atoms with E-state index in [1.807, 2.05) is 55.6 Å². The SMILES string of the molecule is COc1ccc(C(=O)Nc2ccccc2Cn2ccnc2C)cc1CC1CCNC1.Cl.Cl. The summed E-state index contributed by atoms with van der Waals surface area (Å²) in [7, 11) is 1.68. The maximum atomic E-state index is 13.0. The Bertz CT molecular complexity index is 1030. The second-order valence-corrected chi connectivity index (χ2v) is 7.80. The number of hydrogen-bond donors (Lipinski definition) is 2. The quantitative estimate of drug-likeness (QED) is 0.526. The first-order chi connectivity index (χ1) is 14.6. The Balaban J connectivity index is 0.00000181. The Kier molecular flexibility index (Phi) is 9.57. The van der Waals surface area contributed by atoms with Gasteiger partial charge < -0.3 is 19.9 Å². The number of anilines is 1. The Labute approximate surface area is 201 Å². The van der Waals surface area contributed by atoms with E-state index in [-0.39, 0.29) is 30.7 Å². The third kappa shape index (κ3) is 6.03. The number of nitrogens with zero attached hydrogens (tertiary/aromatic N) is 2. The summed E-state index contributed by atoms with van der Waals surface area (Å²) in [5, 5.41) is 6.49. The molecule has 1 saturated heterocycles. The van der Waals surface area contributed by atoms with Gasteiger partial charge in [0.05, 0.1) is 13.7 Å². The predicted molar refractivity (Wildman–Crippen MR) is 133 cm³/mol. The van der Waals surface area contributed by atoms with E-state index < -0.39 is 0 Å². The molecule has 1 atom stereocenters. The number of nitrogens with one attached hydrogen (secondary N) is 2. The van der Waals surface area contributed by atoms with Gasteiger partial charge in [-0.15, -0.1) is 24.8 Å². The van der Waals surface area contributed by atoms with Crippen molar-refractivity contribution in [3.8, 4) is 5.75 Å². The summed E-state index contributed by atoms with van der Waals surface area (Å²) < 4.78 is 7.60. The van der Waals surface area contributed by atoms with Crippen LogP contribution in [0.5, 0.6) is 5.75 Å². The van der Waals surface area contributed by atoms with Crippen molar-refractivity contribution in [2.45, 2.75) is 26.3 Å². The third-order valence-electron chi connectivity index (χ3n) is 5.74. The van der Waals surface area contributed by atoms with Crippen LogP contribution in [0.15, 0.2) is 54.9 Å². The molecule has 172 valence electrons. The topological polar surface area (TPSA) is 68.2 Å². The second-order valence-electron chi connectivity index (χ2n) is 7.80. The average Bonchev–Trinajstić information content (AvgIpc) is 3.41. The van der Waals surface area contributed by atoms with E-state index in [2.05, 4.69) is 20.2 Å². The minimum atomic E-state index is -0.113. The van der Waals surface area contributed by atoms with Gasteiger partial charge in [-0.3, -0.25) is 4.79 Å². The smallest absolute Gasteiger partial charge is 0.255 e. The van der Waals surface area contributed by atoms with Crippen LogP contribution in [0.25, 0.3) is 0 Å². The van der Waals surface area contributed by atoms with Crippen molar-refractivity contribution in [2.75, 3.05) is 25.5 Å². The van der Waals surface area contributed by atoms with E-state index in [9.17, 15) is 4.79 Å². The van der Waals surface area contributed by atoms with Gasteiger partial charge in [-0.05, 0) is 74.2 Å². The molecule has 3 aromatic rings. The Hall–Kier alpha value is -2.54. The normalized spacial score (nSPS) is 14.9. The standard InChI is InChI=1S/C24H28N4O2.2ClH/c1-17-26-11-12-28(17)16-20-5-3-4-6-22(20)27-24(29)19-7-8-23(30-2)21(14-19)13-18-9-10-25-15-18;;/h3-8,11-12,14,18,25H,9-10,13,15-16H2,1-2H3,(H,27,29);2*1H. The third-order valence-corrected chi connectivity index (χ3v) is 5.74. The van der Waals surface area contributed by atoms with Gasteiger partial charge in [0, 0.05) is 23.6 Å². The summed E-state index contributed by atoms with van der Waals surface area (Å²) in [4.78, 5) is 17.3. The van der Waals surface area contributed by atoms with Gasteiger partial charge in [-0.1, -0.05) is 18.2 Å². The number of rotatable bonds is 7. The molecular formula is C24H30Cl2N4O2. The average molecular weight is 477 g/mol. The van der Waals surface area contributed by atoms with E-state index >= 15 is 0 Å². The summed E-state index contributed by atoms with van der Waals surface area (Å²) in [5.74, 6) is 2.25. The molecule has 1 fully saturated rings. The van der Waals surface area contributed by atoms with Crippen LogP contribution in [0.1, 0.15) is 33.7 Å². The molecule has 4 rings (SSSR count). The zero-order chi connectivity index (χ0) is 20.9. The Morgan fingerprint density at radius 3 is 2.72 bits per heavy atom. The first kappa shape index (κ1) is 25.7. The number of amides is 1. The van der Waals surface area contributed by atoms with E-state index in [1.54, 1.807) is 13.3 Å². The highest BCUT2D eigenvalue weighted by atomic mass is 35.5. The number of methoxy groups -OCH3 is 1. The second kappa shape index (κ2) is 11.9. The van der Waals surface area contributed by atoms with Gasteiger partial charge in [0.2, 0.25) is 0 Å². The van der Waals surface area contributed by atoms with Gasteiger partial charge in [0.25, 0.3) is 5.91 Å². The molecule has 1 aliphatic heterocycles. The summed E-state index contributed by atoms with van der Waals surface area (Å²) in [6.45, 7) is 4.70. The molecule has 1 aliphatic rings. The molecule has 32 heavy (non-hydrogen) atoms. The molecule has 0 aliphatic carbocycles. The monoisotopic (exact) mass is 476 g/mol. The van der Waals surface area contributed by atoms with E-state index in [0.29, 0.717) is 18.0 Å². The number of halogens is 2. The minimum Gasteiger partial charge on any atom is -0.496 e. The lowest BCUT2D eigenvalue weighted by Gasteiger charge is -2.15. The molecule has 2 N–H and O–H groups in total. The maximum Gasteiger partial charge on any atom is 0.255 e. The molecule has 1 aromatic heterocycles. The number of carbonyl (C=O) groups is 1. The van der Waals surface area contributed by atoms with Crippen molar-refractivity contribution in [1.82, 2.24) is 14.9 Å². The fraction of sp³-hybridized carbons (Fsp3) is 0.333. The molecule has 6 nitrogen and oxygen atoms in total. The maximum absolute atomic E-state index is 13.0. The van der Waals surface area contributed by atoms with Crippen molar-refractivity contribution < 1.29 is 9.53 Å². The summed E-state index contributed by atoms with van der Waals surface area (Å²) in [6.07, 6.45) is 5.80. The summed E-state index contributed by atoms with van der Waals surface area (Å²) in [6, 6.07) is 13.6. The van der Waals surface area contributed by atoms with E-state index in [0.717, 1.165) is 54.3 Å². The molecule has 0 spiro atoms. The first-order valence-electron chi connectivity index (χ1n) is 10.4. The van der Waals surface area contributed by atoms with Crippen molar-refractivity contribution in [1.29, 1.82) is 0 Å². The lowest BCUT2D eigenvalue weighted by atomic mass is 9.96. The van der Waals surface area contributed by atoms with Gasteiger partial charge in [-0.25, -0.2) is 4.98 Å². The van der Waals surface area contributed by atoms with E-state index in [4.69, 9.17) is 4.74 Å². The first-order valence-corrected chi connectivity index (χ1v) is 10.4. The van der Waals surface area contributed by atoms with Gasteiger partial charge in [0.1, 0.15) is 11.6 Å². The number of carbonyl (C=O) groups excluding carboxylic acids is 1. The lowest BCUT2D eigenvalue weighted by molar-refractivity contribution is 0.102. The van der Waals surface area contributed by atoms with Gasteiger partial charge in [-0.2, -0.15) is 0 Å². The highest BCUT2D eigenvalue weighted by Gasteiger charge is 2.19. The van der Waals surface area contributed by atoms with Crippen molar-refractivity contribution in [3.05, 3.63) is 77.4 Å². The Morgan fingerprint density at radius 2 is 2.03 bits per heavy atom. The molecule has 2 aromatic carbocycles. The molecule has 0 saturated carbocycles. The van der Waals surface area contributed by atoms with Gasteiger partial charge in [0.15, 0.2) is 0 Å². The van der Waals surface area contributed by atoms with Gasteiger partial charge >= 0.3 is 0 Å². The number of ether oxygens (including phenoxy) is 1. The van der Waals surface area contributed by atoms with Crippen molar-refractivity contribution in [3.63, 3.8) is 0 Å². The van der Waals surface area contributed by atoms with Crippen LogP contribution in [0.3, 0.4) is 0 Å². The lowest BCUT2D eigenvalue weighted by Crippen LogP contribution is -2.15. The van der Waals surface area contributed by atoms with Crippen LogP contribution in [0.2, 0.25) is 0 Å². The zero-order valence-electron chi connectivity index (χ0n) is 18.3. The predicted octanol–water partition coefficient (Wildman–Crippen LogP) is 4.50. The van der Waals surface area contributed by atoms with Crippen molar-refractivity contribution in [2.24, 2.45) is 5.92 Å². The van der Waals surface area contributed by atoms with Crippen LogP contribution in [0.4, 0.5) is 5.69 Å². The summed E-state index contributed by atoms with van der Waals surface area (Å²) in [5.41, 5.74) is 3.58. The fourth-order valence-electron chi connectivity index (χ4n) is 4.01. The molecule has 0 bridgehead atoms. The number of hydrogen-bond acceptors (Lipinski definition) is 4. The number of aromatic nitrogens is 2. The molecule has 2 heterocycles. The largest absolute Gasteiger partial charge is 0.496 e. The fourth-order valence-corrected chi connectivity index (χ4v) is 4.01. The number of para-hydroxylation sites is 1. The summed E-state index contributed by atoms with van der Waals surface area (Å²) >= 11 is 0. The molecule has 8 heteroatoms. The van der Waals surface area contributed by atoms with Crippen LogP contribution in [0, 0.1) is 12.8 Å². The number of aryl methyl sites for hydroxylation is 1. The van der Waals surface area contributed by atoms with E-state index in [1.165, 1.54) is 0 Å². The van der Waals surface area contributed by atoms with Crippen molar-refractivity contribution >= 4 is 36.4 Å². The number of imidazole rings is 1. The molecule has 0 radical (unpaired) electrons.